The topological polar surface area (TPSA) is 55.6 Å². The molecule has 1 rings (SSSR count). The second kappa shape index (κ2) is 7.63. The molecular weight excluding hydrogens is 204 g/mol. The van der Waals surface area contributed by atoms with Crippen LogP contribution in [0.3, 0.4) is 0 Å². The van der Waals surface area contributed by atoms with Crippen molar-refractivity contribution in [2.75, 3.05) is 33.4 Å². The van der Waals surface area contributed by atoms with E-state index in [1.165, 1.54) is 0 Å². The first-order valence-corrected chi connectivity index (χ1v) is 6.28. The second-order valence-corrected chi connectivity index (χ2v) is 4.52. The Morgan fingerprint density at radius 2 is 2.25 bits per heavy atom. The van der Waals surface area contributed by atoms with Gasteiger partial charge in [-0.15, -0.1) is 0 Å². The summed E-state index contributed by atoms with van der Waals surface area (Å²) < 4.78 is 5.33. The minimum Gasteiger partial charge on any atom is -0.381 e. The largest absolute Gasteiger partial charge is 0.381 e. The number of carbonyl (C=O) groups excluding carboxylic acids is 1. The van der Waals surface area contributed by atoms with Crippen molar-refractivity contribution in [2.24, 2.45) is 11.7 Å². The predicted octanol–water partition coefficient (Wildman–Crippen LogP) is 1.00. The van der Waals surface area contributed by atoms with E-state index in [2.05, 4.69) is 0 Å². The van der Waals surface area contributed by atoms with Crippen LogP contribution in [0.5, 0.6) is 0 Å². The minimum atomic E-state index is 0.0910. The van der Waals surface area contributed by atoms with Gasteiger partial charge in [-0.2, -0.15) is 0 Å². The van der Waals surface area contributed by atoms with E-state index < -0.39 is 0 Å². The van der Waals surface area contributed by atoms with E-state index in [-0.39, 0.29) is 11.8 Å². The molecule has 1 unspecified atom stereocenters. The number of hydrogen-bond acceptors (Lipinski definition) is 3. The van der Waals surface area contributed by atoms with Crippen molar-refractivity contribution in [3.8, 4) is 0 Å². The van der Waals surface area contributed by atoms with E-state index in [1.807, 2.05) is 11.9 Å². The van der Waals surface area contributed by atoms with Crippen LogP contribution < -0.4 is 5.73 Å². The molecule has 1 heterocycles. The number of ether oxygens (including phenoxy) is 1. The van der Waals surface area contributed by atoms with Gasteiger partial charge in [-0.3, -0.25) is 4.79 Å². The van der Waals surface area contributed by atoms with Crippen molar-refractivity contribution in [2.45, 2.75) is 32.1 Å². The maximum Gasteiger partial charge on any atom is 0.227 e. The van der Waals surface area contributed by atoms with Gasteiger partial charge in [0.15, 0.2) is 0 Å². The highest BCUT2D eigenvalue weighted by Gasteiger charge is 2.24. The minimum absolute atomic E-state index is 0.0910. The van der Waals surface area contributed by atoms with Crippen LogP contribution in [0, 0.1) is 5.92 Å². The molecule has 0 bridgehead atoms. The normalized spacial score (nSPS) is 20.8. The van der Waals surface area contributed by atoms with Crippen LogP contribution in [0.4, 0.5) is 0 Å². The van der Waals surface area contributed by atoms with E-state index in [9.17, 15) is 4.79 Å². The number of unbranched alkanes of at least 4 members (excludes halogenated alkanes) is 2. The molecule has 1 amide bonds. The molecule has 1 fully saturated rings. The van der Waals surface area contributed by atoms with E-state index in [0.29, 0.717) is 6.61 Å². The van der Waals surface area contributed by atoms with Crippen LogP contribution in [0.2, 0.25) is 0 Å². The first-order valence-electron chi connectivity index (χ1n) is 6.28. The third-order valence-electron chi connectivity index (χ3n) is 3.08. The Hall–Kier alpha value is -0.610. The highest BCUT2D eigenvalue weighted by atomic mass is 16.5. The van der Waals surface area contributed by atoms with Crippen LogP contribution in [-0.2, 0) is 9.53 Å². The molecule has 0 spiro atoms. The molecule has 1 saturated heterocycles. The van der Waals surface area contributed by atoms with Gasteiger partial charge in [0.25, 0.3) is 0 Å². The number of nitrogens with two attached hydrogens (primary N) is 1. The maximum atomic E-state index is 12.0. The lowest BCUT2D eigenvalue weighted by molar-refractivity contribution is -0.138. The SMILES string of the molecule is CN(CCCCCN)C(=O)C1CCCOC1. The Labute approximate surface area is 98.1 Å². The first kappa shape index (κ1) is 13.5. The van der Waals surface area contributed by atoms with E-state index in [1.54, 1.807) is 0 Å². The summed E-state index contributed by atoms with van der Waals surface area (Å²) in [6.07, 6.45) is 5.19. The molecular formula is C12H24N2O2. The van der Waals surface area contributed by atoms with Gasteiger partial charge in [-0.05, 0) is 32.2 Å². The van der Waals surface area contributed by atoms with Gasteiger partial charge in [0, 0.05) is 20.2 Å². The molecule has 0 aliphatic carbocycles. The van der Waals surface area contributed by atoms with Gasteiger partial charge in [0.05, 0.1) is 12.5 Å². The van der Waals surface area contributed by atoms with Crippen LogP contribution in [0.15, 0.2) is 0 Å². The molecule has 16 heavy (non-hydrogen) atoms. The Balaban J connectivity index is 2.18. The lowest BCUT2D eigenvalue weighted by Crippen LogP contribution is -2.37. The number of carbonyl (C=O) groups is 1. The van der Waals surface area contributed by atoms with Crippen molar-refractivity contribution in [1.29, 1.82) is 0 Å². The summed E-state index contributed by atoms with van der Waals surface area (Å²) in [6, 6.07) is 0. The van der Waals surface area contributed by atoms with E-state index in [4.69, 9.17) is 10.5 Å². The third kappa shape index (κ3) is 4.49. The smallest absolute Gasteiger partial charge is 0.227 e. The first-order chi connectivity index (χ1) is 7.75. The average molecular weight is 228 g/mol. The summed E-state index contributed by atoms with van der Waals surface area (Å²) in [5.74, 6) is 0.334. The second-order valence-electron chi connectivity index (χ2n) is 4.52. The molecule has 4 heteroatoms. The molecule has 4 nitrogen and oxygen atoms in total. The van der Waals surface area contributed by atoms with E-state index in [0.717, 1.165) is 51.8 Å². The lowest BCUT2D eigenvalue weighted by Gasteiger charge is -2.26. The van der Waals surface area contributed by atoms with Crippen LogP contribution in [-0.4, -0.2) is 44.2 Å². The number of rotatable bonds is 6. The van der Waals surface area contributed by atoms with Crippen molar-refractivity contribution in [3.05, 3.63) is 0 Å². The highest BCUT2D eigenvalue weighted by molar-refractivity contribution is 5.78. The molecule has 0 aromatic heterocycles. The fraction of sp³-hybridized carbons (Fsp3) is 0.917. The van der Waals surface area contributed by atoms with E-state index >= 15 is 0 Å². The zero-order chi connectivity index (χ0) is 11.8. The summed E-state index contributed by atoms with van der Waals surface area (Å²) in [5.41, 5.74) is 5.43. The van der Waals surface area contributed by atoms with Crippen molar-refractivity contribution in [3.63, 3.8) is 0 Å². The molecule has 2 N–H and O–H groups in total. The molecule has 1 atom stereocenters. The van der Waals surface area contributed by atoms with Crippen LogP contribution in [0.1, 0.15) is 32.1 Å². The van der Waals surface area contributed by atoms with Crippen molar-refractivity contribution >= 4 is 5.91 Å². The number of hydrogen-bond donors (Lipinski definition) is 1. The third-order valence-corrected chi connectivity index (χ3v) is 3.08. The van der Waals surface area contributed by atoms with Gasteiger partial charge in [-0.1, -0.05) is 6.42 Å². The van der Waals surface area contributed by atoms with Crippen molar-refractivity contribution < 1.29 is 9.53 Å². The summed E-state index contributed by atoms with van der Waals surface area (Å²) in [4.78, 5) is 13.8. The molecule has 1 aliphatic heterocycles. The molecule has 0 aromatic rings. The van der Waals surface area contributed by atoms with Crippen LogP contribution in [0.25, 0.3) is 0 Å². The summed E-state index contributed by atoms with van der Waals surface area (Å²) in [7, 11) is 1.89. The van der Waals surface area contributed by atoms with Gasteiger partial charge >= 0.3 is 0 Å². The standard InChI is InChI=1S/C12H24N2O2/c1-14(8-4-2-3-7-13)12(15)11-6-5-9-16-10-11/h11H,2-10,13H2,1H3. The zero-order valence-corrected chi connectivity index (χ0v) is 10.3. The molecule has 94 valence electrons. The highest BCUT2D eigenvalue weighted by Crippen LogP contribution is 2.16. The average Bonchev–Trinajstić information content (AvgIpc) is 2.34. The number of amides is 1. The zero-order valence-electron chi connectivity index (χ0n) is 10.3. The predicted molar refractivity (Wildman–Crippen MR) is 64.1 cm³/mol. The Bertz CT molecular complexity index is 203. The fourth-order valence-corrected chi connectivity index (χ4v) is 2.03. The molecule has 0 saturated carbocycles. The Kier molecular flexibility index (Phi) is 6.42. The summed E-state index contributed by atoms with van der Waals surface area (Å²) >= 11 is 0. The monoisotopic (exact) mass is 228 g/mol. The van der Waals surface area contributed by atoms with Crippen molar-refractivity contribution in [1.82, 2.24) is 4.90 Å². The fourth-order valence-electron chi connectivity index (χ4n) is 2.03. The van der Waals surface area contributed by atoms with Crippen LogP contribution >= 0.6 is 0 Å². The lowest BCUT2D eigenvalue weighted by atomic mass is 10.0. The molecule has 0 aromatic carbocycles. The Morgan fingerprint density at radius 1 is 1.44 bits per heavy atom. The maximum absolute atomic E-state index is 12.0. The molecule has 0 radical (unpaired) electrons. The summed E-state index contributed by atoms with van der Waals surface area (Å²) in [5, 5.41) is 0. The quantitative estimate of drug-likeness (QED) is 0.690. The number of nitrogens with zero attached hydrogens (tertiary/aromatic N) is 1. The molecule has 1 aliphatic rings. The summed E-state index contributed by atoms with van der Waals surface area (Å²) in [6.45, 7) is 3.00. The Morgan fingerprint density at radius 3 is 2.88 bits per heavy atom. The van der Waals surface area contributed by atoms with Gasteiger partial charge in [0.2, 0.25) is 5.91 Å². The van der Waals surface area contributed by atoms with Gasteiger partial charge in [0.1, 0.15) is 0 Å². The van der Waals surface area contributed by atoms with Gasteiger partial charge < -0.3 is 15.4 Å². The van der Waals surface area contributed by atoms with Gasteiger partial charge in [-0.25, -0.2) is 0 Å².